The number of aliphatic hydroxyl groups excluding tert-OH is 1. The molecule has 0 saturated carbocycles. The first kappa shape index (κ1) is 10.9. The van der Waals surface area contributed by atoms with Gasteiger partial charge in [-0.3, -0.25) is 0 Å². The third kappa shape index (κ3) is 2.62. The predicted octanol–water partition coefficient (Wildman–Crippen LogP) is 1.81. The van der Waals surface area contributed by atoms with Gasteiger partial charge in [0.1, 0.15) is 5.82 Å². The van der Waals surface area contributed by atoms with Crippen LogP contribution in [0.25, 0.3) is 0 Å². The van der Waals surface area contributed by atoms with Crippen molar-refractivity contribution in [2.24, 2.45) is 5.73 Å². The van der Waals surface area contributed by atoms with Gasteiger partial charge in [-0.05, 0) is 47.2 Å². The van der Waals surface area contributed by atoms with Crippen LogP contribution in [0.2, 0.25) is 0 Å². The maximum atomic E-state index is 12.9. The zero-order valence-corrected chi connectivity index (χ0v) is 9.32. The van der Waals surface area contributed by atoms with Gasteiger partial charge in [0.05, 0.1) is 12.1 Å². The molecule has 0 bridgehead atoms. The van der Waals surface area contributed by atoms with Gasteiger partial charge < -0.3 is 10.8 Å². The molecule has 72 valence electrons. The number of hydrogen-bond donors (Lipinski definition) is 2. The summed E-state index contributed by atoms with van der Waals surface area (Å²) in [6.07, 6.45) is -0.624. The molecule has 0 aliphatic carbocycles. The van der Waals surface area contributed by atoms with Crippen molar-refractivity contribution in [1.29, 1.82) is 0 Å². The molecule has 2 nitrogen and oxygen atoms in total. The molecule has 0 radical (unpaired) electrons. The summed E-state index contributed by atoms with van der Waals surface area (Å²) in [4.78, 5) is 0. The largest absolute Gasteiger partial charge is 0.391 e. The number of aliphatic hydroxyl groups is 1. The fraction of sp³-hybridized carbons (Fsp3) is 0.333. The molecule has 1 aromatic rings. The van der Waals surface area contributed by atoms with Crippen molar-refractivity contribution in [3.63, 3.8) is 0 Å². The molecule has 0 saturated heterocycles. The van der Waals surface area contributed by atoms with Crippen molar-refractivity contribution in [2.45, 2.75) is 19.1 Å². The normalized spacial score (nSPS) is 15.5. The van der Waals surface area contributed by atoms with E-state index in [0.29, 0.717) is 3.57 Å². The van der Waals surface area contributed by atoms with E-state index in [4.69, 9.17) is 5.73 Å². The summed E-state index contributed by atoms with van der Waals surface area (Å²) in [5.41, 5.74) is 6.43. The standard InChI is InChI=1S/C9H11FINO/c1-5(13)9(12)6-2-3-7(10)8(11)4-6/h2-5,9,13H,12H2,1H3/t5-,9+/m1/s1. The highest BCUT2D eigenvalue weighted by molar-refractivity contribution is 14.1. The van der Waals surface area contributed by atoms with Crippen molar-refractivity contribution in [1.82, 2.24) is 0 Å². The predicted molar refractivity (Wildman–Crippen MR) is 57.7 cm³/mol. The molecule has 0 fully saturated rings. The lowest BCUT2D eigenvalue weighted by molar-refractivity contribution is 0.164. The van der Waals surface area contributed by atoms with E-state index in [1.54, 1.807) is 19.1 Å². The average Bonchev–Trinajstić information content (AvgIpc) is 2.08. The fourth-order valence-electron chi connectivity index (χ4n) is 0.998. The van der Waals surface area contributed by atoms with E-state index in [1.807, 2.05) is 22.6 Å². The second kappa shape index (κ2) is 4.34. The SMILES string of the molecule is C[C@@H](O)[C@H](N)c1ccc(F)c(I)c1. The van der Waals surface area contributed by atoms with Gasteiger partial charge in [-0.15, -0.1) is 0 Å². The highest BCUT2D eigenvalue weighted by atomic mass is 127. The van der Waals surface area contributed by atoms with Crippen LogP contribution in [-0.2, 0) is 0 Å². The smallest absolute Gasteiger partial charge is 0.136 e. The maximum Gasteiger partial charge on any atom is 0.136 e. The molecule has 1 rings (SSSR count). The van der Waals surface area contributed by atoms with Crippen LogP contribution in [0, 0.1) is 9.39 Å². The van der Waals surface area contributed by atoms with Gasteiger partial charge in [0.25, 0.3) is 0 Å². The number of nitrogens with two attached hydrogens (primary N) is 1. The first-order valence-electron chi connectivity index (χ1n) is 3.91. The Morgan fingerprint density at radius 1 is 1.54 bits per heavy atom. The molecule has 0 spiro atoms. The number of halogens is 2. The number of benzene rings is 1. The van der Waals surface area contributed by atoms with Crippen LogP contribution >= 0.6 is 22.6 Å². The van der Waals surface area contributed by atoms with Crippen molar-refractivity contribution in [3.05, 3.63) is 33.1 Å². The molecular formula is C9H11FINO. The van der Waals surface area contributed by atoms with Crippen LogP contribution in [0.3, 0.4) is 0 Å². The lowest BCUT2D eigenvalue weighted by Crippen LogP contribution is -2.23. The van der Waals surface area contributed by atoms with Crippen molar-refractivity contribution >= 4 is 22.6 Å². The van der Waals surface area contributed by atoms with E-state index in [2.05, 4.69) is 0 Å². The Kier molecular flexibility index (Phi) is 3.63. The van der Waals surface area contributed by atoms with E-state index in [1.165, 1.54) is 6.07 Å². The summed E-state index contributed by atoms with van der Waals surface area (Å²) in [7, 11) is 0. The molecule has 0 heterocycles. The molecule has 0 aliphatic rings. The molecule has 1 aromatic carbocycles. The zero-order chi connectivity index (χ0) is 10.0. The van der Waals surface area contributed by atoms with Crippen LogP contribution in [-0.4, -0.2) is 11.2 Å². The van der Waals surface area contributed by atoms with Gasteiger partial charge in [-0.2, -0.15) is 0 Å². The van der Waals surface area contributed by atoms with Crippen molar-refractivity contribution in [3.8, 4) is 0 Å². The molecule has 0 amide bonds. The van der Waals surface area contributed by atoms with E-state index in [-0.39, 0.29) is 5.82 Å². The van der Waals surface area contributed by atoms with Gasteiger partial charge in [-0.25, -0.2) is 4.39 Å². The highest BCUT2D eigenvalue weighted by Crippen LogP contribution is 2.19. The van der Waals surface area contributed by atoms with Gasteiger partial charge in [0, 0.05) is 3.57 Å². The minimum atomic E-state index is -0.624. The second-order valence-electron chi connectivity index (χ2n) is 2.94. The summed E-state index contributed by atoms with van der Waals surface area (Å²) < 4.78 is 13.4. The van der Waals surface area contributed by atoms with E-state index >= 15 is 0 Å². The Bertz CT molecular complexity index is 304. The average molecular weight is 295 g/mol. The fourth-order valence-corrected chi connectivity index (χ4v) is 1.54. The summed E-state index contributed by atoms with van der Waals surface area (Å²) in [6.45, 7) is 1.61. The zero-order valence-electron chi connectivity index (χ0n) is 7.17. The minimum Gasteiger partial charge on any atom is -0.391 e. The summed E-state index contributed by atoms with van der Waals surface area (Å²) in [5, 5.41) is 9.21. The molecule has 2 atom stereocenters. The molecule has 0 aromatic heterocycles. The number of hydrogen-bond acceptors (Lipinski definition) is 2. The lowest BCUT2D eigenvalue weighted by Gasteiger charge is -2.15. The quantitative estimate of drug-likeness (QED) is 0.817. The van der Waals surface area contributed by atoms with Gasteiger partial charge in [0.15, 0.2) is 0 Å². The molecule has 3 N–H and O–H groups in total. The topological polar surface area (TPSA) is 46.2 Å². The van der Waals surface area contributed by atoms with E-state index < -0.39 is 12.1 Å². The third-order valence-corrected chi connectivity index (χ3v) is 2.67. The summed E-state index contributed by atoms with van der Waals surface area (Å²) >= 11 is 1.89. The van der Waals surface area contributed by atoms with E-state index in [9.17, 15) is 9.50 Å². The third-order valence-electron chi connectivity index (χ3n) is 1.85. The van der Waals surface area contributed by atoms with Crippen LogP contribution in [0.1, 0.15) is 18.5 Å². The van der Waals surface area contributed by atoms with Crippen LogP contribution < -0.4 is 5.73 Å². The molecule has 0 aliphatic heterocycles. The van der Waals surface area contributed by atoms with Crippen LogP contribution in [0.4, 0.5) is 4.39 Å². The number of rotatable bonds is 2. The van der Waals surface area contributed by atoms with Crippen molar-refractivity contribution in [2.75, 3.05) is 0 Å². The molecule has 13 heavy (non-hydrogen) atoms. The highest BCUT2D eigenvalue weighted by Gasteiger charge is 2.12. The molecule has 0 unspecified atom stereocenters. The van der Waals surface area contributed by atoms with Gasteiger partial charge in [0.2, 0.25) is 0 Å². The van der Waals surface area contributed by atoms with Gasteiger partial charge >= 0.3 is 0 Å². The molecular weight excluding hydrogens is 284 g/mol. The first-order chi connectivity index (χ1) is 6.02. The lowest BCUT2D eigenvalue weighted by atomic mass is 10.0. The van der Waals surface area contributed by atoms with Crippen LogP contribution in [0.15, 0.2) is 18.2 Å². The van der Waals surface area contributed by atoms with E-state index in [0.717, 1.165) is 5.56 Å². The Morgan fingerprint density at radius 2 is 2.15 bits per heavy atom. The summed E-state index contributed by atoms with van der Waals surface area (Å²) in [6, 6.07) is 4.15. The summed E-state index contributed by atoms with van der Waals surface area (Å²) in [5.74, 6) is -0.262. The second-order valence-corrected chi connectivity index (χ2v) is 4.10. The Labute approximate surface area is 90.1 Å². The maximum absolute atomic E-state index is 12.9. The Morgan fingerprint density at radius 3 is 2.62 bits per heavy atom. The first-order valence-corrected chi connectivity index (χ1v) is 4.99. The Hall–Kier alpha value is -0.200. The van der Waals surface area contributed by atoms with Crippen LogP contribution in [0.5, 0.6) is 0 Å². The van der Waals surface area contributed by atoms with Crippen molar-refractivity contribution < 1.29 is 9.50 Å². The Balaban J connectivity index is 2.97. The van der Waals surface area contributed by atoms with Gasteiger partial charge in [-0.1, -0.05) is 6.07 Å². The minimum absolute atomic E-state index is 0.262. The molecule has 4 heteroatoms. The monoisotopic (exact) mass is 295 g/mol.